The summed E-state index contributed by atoms with van der Waals surface area (Å²) in [6.07, 6.45) is 1.50. The van der Waals surface area contributed by atoms with E-state index in [9.17, 15) is 13.2 Å². The first-order valence-corrected chi connectivity index (χ1v) is 10.3. The van der Waals surface area contributed by atoms with Gasteiger partial charge in [0, 0.05) is 24.7 Å². The van der Waals surface area contributed by atoms with E-state index in [-0.39, 0.29) is 11.9 Å². The van der Waals surface area contributed by atoms with E-state index in [1.165, 1.54) is 0 Å². The first-order valence-electron chi connectivity index (χ1n) is 8.81. The van der Waals surface area contributed by atoms with Crippen LogP contribution in [0.2, 0.25) is 0 Å². The highest BCUT2D eigenvalue weighted by molar-refractivity contribution is 7.89. The van der Waals surface area contributed by atoms with Gasteiger partial charge in [0.2, 0.25) is 10.0 Å². The second-order valence-corrected chi connectivity index (χ2v) is 8.53. The van der Waals surface area contributed by atoms with Gasteiger partial charge in [-0.3, -0.25) is 4.79 Å². The molecular weight excluding hydrogens is 348 g/mol. The number of piperidine rings is 1. The van der Waals surface area contributed by atoms with Crippen molar-refractivity contribution in [3.8, 4) is 0 Å². The van der Waals surface area contributed by atoms with Crippen LogP contribution in [0.3, 0.4) is 0 Å². The first-order chi connectivity index (χ1) is 12.4. The fourth-order valence-corrected chi connectivity index (χ4v) is 4.89. The van der Waals surface area contributed by atoms with E-state index in [2.05, 4.69) is 4.72 Å². The van der Waals surface area contributed by atoms with E-state index in [1.807, 2.05) is 37.3 Å². The summed E-state index contributed by atoms with van der Waals surface area (Å²) < 4.78 is 28.4. The fourth-order valence-electron chi connectivity index (χ4n) is 3.30. The van der Waals surface area contributed by atoms with Crippen LogP contribution >= 0.6 is 0 Å². The molecule has 5 nitrogen and oxygen atoms in total. The molecule has 1 aliphatic heterocycles. The predicted molar refractivity (Wildman–Crippen MR) is 102 cm³/mol. The van der Waals surface area contributed by atoms with Gasteiger partial charge < -0.3 is 4.90 Å². The van der Waals surface area contributed by atoms with Crippen molar-refractivity contribution in [1.29, 1.82) is 0 Å². The van der Waals surface area contributed by atoms with Crippen molar-refractivity contribution in [1.82, 2.24) is 9.62 Å². The van der Waals surface area contributed by atoms with Gasteiger partial charge in [-0.05, 0) is 56.0 Å². The number of benzene rings is 2. The SMILES string of the molecule is Cc1ccc(C)c(S(=O)(=O)NC2CCCN(C(=O)c3ccccc3)C2)c1. The molecule has 1 fully saturated rings. The highest BCUT2D eigenvalue weighted by Gasteiger charge is 2.28. The minimum atomic E-state index is -3.61. The topological polar surface area (TPSA) is 66.5 Å². The molecule has 2 aromatic carbocycles. The van der Waals surface area contributed by atoms with E-state index in [0.29, 0.717) is 23.5 Å². The summed E-state index contributed by atoms with van der Waals surface area (Å²) >= 11 is 0. The van der Waals surface area contributed by atoms with Crippen molar-refractivity contribution in [2.24, 2.45) is 0 Å². The van der Waals surface area contributed by atoms with Gasteiger partial charge >= 0.3 is 0 Å². The molecule has 0 spiro atoms. The van der Waals surface area contributed by atoms with E-state index in [0.717, 1.165) is 24.0 Å². The van der Waals surface area contributed by atoms with Crippen molar-refractivity contribution in [3.63, 3.8) is 0 Å². The smallest absolute Gasteiger partial charge is 0.253 e. The molecule has 2 aromatic rings. The van der Waals surface area contributed by atoms with Crippen molar-refractivity contribution in [3.05, 3.63) is 65.2 Å². The van der Waals surface area contributed by atoms with Gasteiger partial charge in [-0.2, -0.15) is 0 Å². The Labute approximate surface area is 155 Å². The molecule has 0 aromatic heterocycles. The van der Waals surface area contributed by atoms with Gasteiger partial charge in [0.1, 0.15) is 0 Å². The molecule has 1 N–H and O–H groups in total. The van der Waals surface area contributed by atoms with Crippen LogP contribution in [0.1, 0.15) is 34.3 Å². The normalized spacial score (nSPS) is 17.9. The number of hydrogen-bond donors (Lipinski definition) is 1. The molecule has 3 rings (SSSR count). The average molecular weight is 372 g/mol. The average Bonchev–Trinajstić information content (AvgIpc) is 2.63. The minimum absolute atomic E-state index is 0.0544. The largest absolute Gasteiger partial charge is 0.337 e. The zero-order chi connectivity index (χ0) is 18.7. The molecule has 0 aliphatic carbocycles. The second-order valence-electron chi connectivity index (χ2n) is 6.85. The van der Waals surface area contributed by atoms with Crippen LogP contribution < -0.4 is 4.72 Å². The molecule has 1 unspecified atom stereocenters. The number of hydrogen-bond acceptors (Lipinski definition) is 3. The van der Waals surface area contributed by atoms with Gasteiger partial charge in [-0.1, -0.05) is 30.3 Å². The van der Waals surface area contributed by atoms with E-state index in [1.54, 1.807) is 30.0 Å². The van der Waals surface area contributed by atoms with Crippen molar-refractivity contribution in [2.45, 2.75) is 37.6 Å². The number of aryl methyl sites for hydroxylation is 2. The van der Waals surface area contributed by atoms with E-state index in [4.69, 9.17) is 0 Å². The lowest BCUT2D eigenvalue weighted by Gasteiger charge is -2.33. The summed E-state index contributed by atoms with van der Waals surface area (Å²) in [5.41, 5.74) is 2.25. The second kappa shape index (κ2) is 7.60. The summed E-state index contributed by atoms with van der Waals surface area (Å²) in [4.78, 5) is 14.7. The summed E-state index contributed by atoms with van der Waals surface area (Å²) in [6, 6.07) is 14.2. The molecule has 6 heteroatoms. The maximum atomic E-state index is 12.8. The molecule has 1 heterocycles. The summed E-state index contributed by atoms with van der Waals surface area (Å²) in [5, 5.41) is 0. The number of nitrogens with zero attached hydrogens (tertiary/aromatic N) is 1. The third-order valence-corrected chi connectivity index (χ3v) is 6.35. The standard InChI is InChI=1S/C20H24N2O3S/c1-15-10-11-16(2)19(13-15)26(24,25)21-18-9-6-12-22(14-18)20(23)17-7-4-3-5-8-17/h3-5,7-8,10-11,13,18,21H,6,9,12,14H2,1-2H3. The summed E-state index contributed by atoms with van der Waals surface area (Å²) in [7, 11) is -3.61. The van der Waals surface area contributed by atoms with Crippen molar-refractivity contribution in [2.75, 3.05) is 13.1 Å². The van der Waals surface area contributed by atoms with Crippen LogP contribution in [-0.4, -0.2) is 38.4 Å². The van der Waals surface area contributed by atoms with Crippen molar-refractivity contribution >= 4 is 15.9 Å². The molecule has 1 atom stereocenters. The molecule has 1 saturated heterocycles. The lowest BCUT2D eigenvalue weighted by molar-refractivity contribution is 0.0703. The minimum Gasteiger partial charge on any atom is -0.337 e. The van der Waals surface area contributed by atoms with Crippen molar-refractivity contribution < 1.29 is 13.2 Å². The number of carbonyl (C=O) groups is 1. The summed E-state index contributed by atoms with van der Waals surface area (Å²) in [6.45, 7) is 4.70. The summed E-state index contributed by atoms with van der Waals surface area (Å²) in [5.74, 6) is -0.0544. The Balaban J connectivity index is 1.74. The number of carbonyl (C=O) groups excluding carboxylic acids is 1. The Morgan fingerprint density at radius 3 is 2.58 bits per heavy atom. The third kappa shape index (κ3) is 4.14. The zero-order valence-electron chi connectivity index (χ0n) is 15.1. The number of nitrogens with one attached hydrogen (secondary N) is 1. The van der Waals surface area contributed by atoms with Crippen LogP contribution in [0, 0.1) is 13.8 Å². The Morgan fingerprint density at radius 2 is 1.85 bits per heavy atom. The maximum absolute atomic E-state index is 12.8. The molecule has 1 amide bonds. The predicted octanol–water partition coefficient (Wildman–Crippen LogP) is 2.89. The van der Waals surface area contributed by atoms with Crippen LogP contribution in [0.15, 0.2) is 53.4 Å². The Hall–Kier alpha value is -2.18. The Kier molecular flexibility index (Phi) is 5.44. The van der Waals surface area contributed by atoms with E-state index < -0.39 is 10.0 Å². The maximum Gasteiger partial charge on any atom is 0.253 e. The number of likely N-dealkylation sites (tertiary alicyclic amines) is 1. The van der Waals surface area contributed by atoms with Gasteiger partial charge in [0.15, 0.2) is 0 Å². The Bertz CT molecular complexity index is 895. The third-order valence-electron chi connectivity index (χ3n) is 4.68. The quantitative estimate of drug-likeness (QED) is 0.897. The Morgan fingerprint density at radius 1 is 1.12 bits per heavy atom. The highest BCUT2D eigenvalue weighted by Crippen LogP contribution is 2.20. The van der Waals surface area contributed by atoms with Gasteiger partial charge in [0.05, 0.1) is 4.90 Å². The number of rotatable bonds is 4. The molecule has 0 saturated carbocycles. The zero-order valence-corrected chi connectivity index (χ0v) is 15.9. The van der Waals surface area contributed by atoms with E-state index >= 15 is 0 Å². The lowest BCUT2D eigenvalue weighted by atomic mass is 10.1. The van der Waals surface area contributed by atoms with Gasteiger partial charge in [0.25, 0.3) is 5.91 Å². The van der Waals surface area contributed by atoms with Crippen LogP contribution in [-0.2, 0) is 10.0 Å². The van der Waals surface area contributed by atoms with Crippen LogP contribution in [0.4, 0.5) is 0 Å². The number of sulfonamides is 1. The molecule has 0 bridgehead atoms. The molecular formula is C20H24N2O3S. The molecule has 138 valence electrons. The molecule has 0 radical (unpaired) electrons. The van der Waals surface area contributed by atoms with Crippen LogP contribution in [0.5, 0.6) is 0 Å². The molecule has 26 heavy (non-hydrogen) atoms. The first kappa shape index (κ1) is 18.6. The monoisotopic (exact) mass is 372 g/mol. The van der Waals surface area contributed by atoms with Gasteiger partial charge in [-0.15, -0.1) is 0 Å². The highest BCUT2D eigenvalue weighted by atomic mass is 32.2. The van der Waals surface area contributed by atoms with Crippen LogP contribution in [0.25, 0.3) is 0 Å². The molecule has 1 aliphatic rings. The number of amides is 1. The lowest BCUT2D eigenvalue weighted by Crippen LogP contribution is -2.49. The van der Waals surface area contributed by atoms with Gasteiger partial charge in [-0.25, -0.2) is 13.1 Å². The fraction of sp³-hybridized carbons (Fsp3) is 0.350.